The summed E-state index contributed by atoms with van der Waals surface area (Å²) in [5, 5.41) is 0. The summed E-state index contributed by atoms with van der Waals surface area (Å²) < 4.78 is 5.15. The molecule has 0 radical (unpaired) electrons. The van der Waals surface area contributed by atoms with Gasteiger partial charge in [-0.25, -0.2) is 0 Å². The molecule has 2 aliphatic rings. The molecule has 3 unspecified atom stereocenters. The Hall–Kier alpha value is -2.76. The van der Waals surface area contributed by atoms with Crippen LogP contribution in [0.2, 0.25) is 0 Å². The van der Waals surface area contributed by atoms with Crippen LogP contribution in [0.4, 0.5) is 0 Å². The van der Waals surface area contributed by atoms with Crippen LogP contribution >= 0.6 is 0 Å². The van der Waals surface area contributed by atoms with Crippen molar-refractivity contribution >= 4 is 29.5 Å². The third-order valence-corrected chi connectivity index (χ3v) is 4.97. The summed E-state index contributed by atoms with van der Waals surface area (Å²) in [6, 6.07) is 6.92. The van der Waals surface area contributed by atoms with Gasteiger partial charge >= 0.3 is 5.97 Å². The molecule has 1 fully saturated rings. The normalized spacial score (nSPS) is 24.1. The van der Waals surface area contributed by atoms with E-state index in [0.717, 1.165) is 11.1 Å². The van der Waals surface area contributed by atoms with Gasteiger partial charge < -0.3 is 9.64 Å². The zero-order valence-electron chi connectivity index (χ0n) is 15.7. The molecule has 0 bridgehead atoms. The van der Waals surface area contributed by atoms with Crippen molar-refractivity contribution in [2.45, 2.75) is 45.8 Å². The number of ketones is 2. The van der Waals surface area contributed by atoms with Crippen LogP contribution in [0.5, 0.6) is 0 Å². The molecular formula is C21H23NO5. The van der Waals surface area contributed by atoms with Crippen molar-refractivity contribution in [3.63, 3.8) is 0 Å². The molecule has 1 saturated heterocycles. The minimum atomic E-state index is -1.39. The second-order valence-electron chi connectivity index (χ2n) is 7.45. The SMILES string of the molecule is CC(=O)N1C=Cc2ccccc2C1CC(=O)C1C(=O)OC(CC(C)C)C1=O. The van der Waals surface area contributed by atoms with Gasteiger partial charge in [0.15, 0.2) is 23.6 Å². The van der Waals surface area contributed by atoms with Crippen molar-refractivity contribution in [1.82, 2.24) is 4.90 Å². The Morgan fingerprint density at radius 1 is 1.19 bits per heavy atom. The topological polar surface area (TPSA) is 80.8 Å². The molecule has 3 atom stereocenters. The number of hydrogen-bond donors (Lipinski definition) is 0. The smallest absolute Gasteiger partial charge is 0.325 e. The van der Waals surface area contributed by atoms with E-state index in [0.29, 0.717) is 6.42 Å². The van der Waals surface area contributed by atoms with E-state index in [1.165, 1.54) is 11.8 Å². The molecule has 0 spiro atoms. The standard InChI is InChI=1S/C21H23NO5/c1-12(2)10-18-20(25)19(21(26)27-18)17(24)11-16-15-7-5-4-6-14(15)8-9-22(16)13(3)23/h4-9,12,16,18-19H,10-11H2,1-3H3. The largest absolute Gasteiger partial charge is 0.453 e. The fourth-order valence-electron chi connectivity index (χ4n) is 3.67. The molecule has 27 heavy (non-hydrogen) atoms. The maximum Gasteiger partial charge on any atom is 0.325 e. The number of esters is 1. The summed E-state index contributed by atoms with van der Waals surface area (Å²) in [6.07, 6.45) is 2.89. The average Bonchev–Trinajstić information content (AvgIpc) is 2.87. The van der Waals surface area contributed by atoms with Gasteiger partial charge in [0.1, 0.15) is 0 Å². The number of Topliss-reactive ketones (excluding diaryl/α,β-unsaturated/α-hetero) is 2. The first-order chi connectivity index (χ1) is 12.8. The molecular weight excluding hydrogens is 346 g/mol. The van der Waals surface area contributed by atoms with Gasteiger partial charge in [-0.3, -0.25) is 19.2 Å². The highest BCUT2D eigenvalue weighted by Crippen LogP contribution is 2.35. The lowest BCUT2D eigenvalue weighted by Gasteiger charge is -2.32. The molecule has 0 aromatic heterocycles. The number of cyclic esters (lactones) is 1. The van der Waals surface area contributed by atoms with Crippen molar-refractivity contribution in [2.24, 2.45) is 11.8 Å². The number of rotatable bonds is 5. The predicted molar refractivity (Wildman–Crippen MR) is 98.2 cm³/mol. The first kappa shape index (κ1) is 19.0. The number of nitrogens with zero attached hydrogens (tertiary/aromatic N) is 1. The van der Waals surface area contributed by atoms with Gasteiger partial charge in [0.25, 0.3) is 0 Å². The fourth-order valence-corrected chi connectivity index (χ4v) is 3.67. The van der Waals surface area contributed by atoms with E-state index in [1.807, 2.05) is 44.2 Å². The maximum atomic E-state index is 12.9. The molecule has 1 amide bonds. The molecule has 142 valence electrons. The monoisotopic (exact) mass is 369 g/mol. The summed E-state index contributed by atoms with van der Waals surface area (Å²) in [7, 11) is 0. The lowest BCUT2D eigenvalue weighted by molar-refractivity contribution is -0.147. The van der Waals surface area contributed by atoms with E-state index in [4.69, 9.17) is 4.74 Å². The second-order valence-corrected chi connectivity index (χ2v) is 7.45. The highest BCUT2D eigenvalue weighted by Gasteiger charge is 2.48. The maximum absolute atomic E-state index is 12.9. The Morgan fingerprint density at radius 2 is 1.89 bits per heavy atom. The second kappa shape index (κ2) is 7.47. The number of hydrogen-bond acceptors (Lipinski definition) is 5. The Bertz CT molecular complexity index is 826. The summed E-state index contributed by atoms with van der Waals surface area (Å²) in [5.41, 5.74) is 1.73. The van der Waals surface area contributed by atoms with E-state index in [2.05, 4.69) is 0 Å². The Kier molecular flexibility index (Phi) is 5.26. The van der Waals surface area contributed by atoms with E-state index >= 15 is 0 Å². The van der Waals surface area contributed by atoms with Crippen LogP contribution in [-0.4, -0.2) is 34.4 Å². The highest BCUT2D eigenvalue weighted by atomic mass is 16.6. The average molecular weight is 369 g/mol. The highest BCUT2D eigenvalue weighted by molar-refractivity contribution is 6.21. The molecule has 0 saturated carbocycles. The zero-order chi connectivity index (χ0) is 19.7. The van der Waals surface area contributed by atoms with Crippen molar-refractivity contribution in [3.8, 4) is 0 Å². The fraction of sp³-hybridized carbons (Fsp3) is 0.429. The van der Waals surface area contributed by atoms with Gasteiger partial charge in [-0.1, -0.05) is 38.1 Å². The van der Waals surface area contributed by atoms with Crippen molar-refractivity contribution in [1.29, 1.82) is 0 Å². The van der Waals surface area contributed by atoms with Crippen LogP contribution in [0.1, 0.15) is 50.8 Å². The summed E-state index contributed by atoms with van der Waals surface area (Å²) in [5.74, 6) is -3.17. The van der Waals surface area contributed by atoms with Crippen LogP contribution in [0, 0.1) is 11.8 Å². The first-order valence-corrected chi connectivity index (χ1v) is 9.12. The van der Waals surface area contributed by atoms with Crippen LogP contribution < -0.4 is 0 Å². The third-order valence-electron chi connectivity index (χ3n) is 4.97. The molecule has 0 N–H and O–H groups in total. The lowest BCUT2D eigenvalue weighted by atomic mass is 9.87. The number of benzene rings is 1. The molecule has 6 nitrogen and oxygen atoms in total. The lowest BCUT2D eigenvalue weighted by Crippen LogP contribution is -2.35. The van der Waals surface area contributed by atoms with Crippen molar-refractivity contribution < 1.29 is 23.9 Å². The molecule has 0 aliphatic carbocycles. The summed E-state index contributed by atoms with van der Waals surface area (Å²) in [4.78, 5) is 51.1. The summed E-state index contributed by atoms with van der Waals surface area (Å²) >= 11 is 0. The van der Waals surface area contributed by atoms with Gasteiger partial charge in [0, 0.05) is 19.5 Å². The zero-order valence-corrected chi connectivity index (χ0v) is 15.7. The van der Waals surface area contributed by atoms with Crippen LogP contribution in [0.25, 0.3) is 6.08 Å². The van der Waals surface area contributed by atoms with Crippen molar-refractivity contribution in [3.05, 3.63) is 41.6 Å². The van der Waals surface area contributed by atoms with E-state index in [9.17, 15) is 19.2 Å². The predicted octanol–water partition coefficient (Wildman–Crippen LogP) is 2.68. The minimum absolute atomic E-state index is 0.110. The number of amides is 1. The molecule has 2 aliphatic heterocycles. The van der Waals surface area contributed by atoms with E-state index in [1.54, 1.807) is 6.20 Å². The van der Waals surface area contributed by atoms with Crippen molar-refractivity contribution in [2.75, 3.05) is 0 Å². The van der Waals surface area contributed by atoms with Crippen LogP contribution in [0.3, 0.4) is 0 Å². The first-order valence-electron chi connectivity index (χ1n) is 9.12. The number of ether oxygens (including phenoxy) is 1. The molecule has 3 rings (SSSR count). The number of carbonyl (C=O) groups is 4. The molecule has 1 aromatic rings. The van der Waals surface area contributed by atoms with Gasteiger partial charge in [0.05, 0.1) is 6.04 Å². The van der Waals surface area contributed by atoms with Gasteiger partial charge in [-0.05, 0) is 29.5 Å². The van der Waals surface area contributed by atoms with E-state index in [-0.39, 0.29) is 18.2 Å². The van der Waals surface area contributed by atoms with Crippen LogP contribution in [-0.2, 0) is 23.9 Å². The molecule has 1 aromatic carbocycles. The third kappa shape index (κ3) is 3.70. The van der Waals surface area contributed by atoms with Gasteiger partial charge in [-0.2, -0.15) is 0 Å². The number of fused-ring (bicyclic) bond motifs is 1. The van der Waals surface area contributed by atoms with E-state index < -0.39 is 35.6 Å². The Balaban J connectivity index is 1.83. The Labute approximate surface area is 158 Å². The number of carbonyl (C=O) groups excluding carboxylic acids is 4. The van der Waals surface area contributed by atoms with Crippen LogP contribution in [0.15, 0.2) is 30.5 Å². The minimum Gasteiger partial charge on any atom is -0.453 e. The quantitative estimate of drug-likeness (QED) is 0.589. The Morgan fingerprint density at radius 3 is 2.56 bits per heavy atom. The summed E-state index contributed by atoms with van der Waals surface area (Å²) in [6.45, 7) is 5.27. The molecule has 6 heteroatoms. The van der Waals surface area contributed by atoms with Gasteiger partial charge in [-0.15, -0.1) is 0 Å². The molecule has 2 heterocycles. The van der Waals surface area contributed by atoms with Gasteiger partial charge in [0.2, 0.25) is 5.91 Å².